The second-order valence-electron chi connectivity index (χ2n) is 4.82. The van der Waals surface area contributed by atoms with Crippen molar-refractivity contribution in [3.05, 3.63) is 0 Å². The van der Waals surface area contributed by atoms with E-state index in [1.54, 1.807) is 0 Å². The maximum atomic E-state index is 4.39. The van der Waals surface area contributed by atoms with E-state index in [1.807, 2.05) is 0 Å². The molecule has 18 heavy (non-hydrogen) atoms. The Morgan fingerprint density at radius 1 is 0.833 bits per heavy atom. The lowest BCUT2D eigenvalue weighted by molar-refractivity contribution is 0.553. The molecule has 0 aromatic carbocycles. The Kier molecular flexibility index (Phi) is 16.2. The number of unbranched alkanes of at least 4 members (excludes halogenated alkanes) is 6. The molecule has 0 spiro atoms. The van der Waals surface area contributed by atoms with Crippen LogP contribution in [0.3, 0.4) is 0 Å². The predicted molar refractivity (Wildman–Crippen MR) is 82.5 cm³/mol. The molecule has 2 N–H and O–H groups in total. The van der Waals surface area contributed by atoms with E-state index < -0.39 is 0 Å². The van der Waals surface area contributed by atoms with Crippen molar-refractivity contribution < 1.29 is 0 Å². The minimum absolute atomic E-state index is 0.906. The third-order valence-corrected chi connectivity index (χ3v) is 2.94. The Balaban J connectivity index is 2.98. The van der Waals surface area contributed by atoms with Gasteiger partial charge in [-0.2, -0.15) is 0 Å². The molecule has 3 heteroatoms. The SMILES string of the molecule is CCCCCC=NCCNCNCCCCCC. The Morgan fingerprint density at radius 2 is 1.56 bits per heavy atom. The number of hydrogen-bond donors (Lipinski definition) is 2. The van der Waals surface area contributed by atoms with Crippen LogP contribution in [0.15, 0.2) is 4.99 Å². The van der Waals surface area contributed by atoms with Crippen LogP contribution in [-0.2, 0) is 0 Å². The van der Waals surface area contributed by atoms with Crippen molar-refractivity contribution in [1.82, 2.24) is 10.6 Å². The largest absolute Gasteiger partial charge is 0.304 e. The first-order valence-corrected chi connectivity index (χ1v) is 7.81. The average molecular weight is 255 g/mol. The van der Waals surface area contributed by atoms with Gasteiger partial charge in [-0.15, -0.1) is 0 Å². The normalized spacial score (nSPS) is 11.4. The summed E-state index contributed by atoms with van der Waals surface area (Å²) in [7, 11) is 0. The summed E-state index contributed by atoms with van der Waals surface area (Å²) in [5.74, 6) is 0. The van der Waals surface area contributed by atoms with E-state index in [1.165, 1.54) is 44.9 Å². The molecule has 0 aliphatic heterocycles. The summed E-state index contributed by atoms with van der Waals surface area (Å²) in [6, 6.07) is 0. The summed E-state index contributed by atoms with van der Waals surface area (Å²) in [5, 5.41) is 6.75. The Hall–Kier alpha value is -0.410. The molecule has 0 fully saturated rings. The van der Waals surface area contributed by atoms with Crippen LogP contribution in [0.5, 0.6) is 0 Å². The maximum Gasteiger partial charge on any atom is 0.0510 e. The van der Waals surface area contributed by atoms with Crippen LogP contribution in [0.25, 0.3) is 0 Å². The van der Waals surface area contributed by atoms with E-state index in [9.17, 15) is 0 Å². The third kappa shape index (κ3) is 15.6. The highest BCUT2D eigenvalue weighted by molar-refractivity contribution is 5.56. The number of nitrogens with zero attached hydrogens (tertiary/aromatic N) is 1. The summed E-state index contributed by atoms with van der Waals surface area (Å²) in [6.45, 7) is 8.41. The zero-order chi connectivity index (χ0) is 13.3. The van der Waals surface area contributed by atoms with Gasteiger partial charge in [0.2, 0.25) is 0 Å². The second-order valence-corrected chi connectivity index (χ2v) is 4.82. The van der Waals surface area contributed by atoms with Crippen LogP contribution < -0.4 is 10.6 Å². The van der Waals surface area contributed by atoms with Crippen molar-refractivity contribution in [2.45, 2.75) is 65.2 Å². The standard InChI is InChI=1S/C15H33N3/c1-3-5-7-9-11-16-13-14-18-15-17-12-10-8-6-4-2/h11,17-18H,3-10,12-15H2,1-2H3. The van der Waals surface area contributed by atoms with Gasteiger partial charge in [-0.25, -0.2) is 0 Å². The molecule has 0 aliphatic rings. The minimum Gasteiger partial charge on any atom is -0.304 e. The van der Waals surface area contributed by atoms with Gasteiger partial charge in [0.25, 0.3) is 0 Å². The topological polar surface area (TPSA) is 36.4 Å². The first-order valence-electron chi connectivity index (χ1n) is 7.81. The zero-order valence-corrected chi connectivity index (χ0v) is 12.5. The van der Waals surface area contributed by atoms with Gasteiger partial charge < -0.3 is 10.6 Å². The van der Waals surface area contributed by atoms with Gasteiger partial charge >= 0.3 is 0 Å². The van der Waals surface area contributed by atoms with Crippen molar-refractivity contribution in [2.24, 2.45) is 4.99 Å². The summed E-state index contributed by atoms with van der Waals surface area (Å²) >= 11 is 0. The smallest absolute Gasteiger partial charge is 0.0510 e. The van der Waals surface area contributed by atoms with E-state index in [0.717, 1.165) is 32.7 Å². The molecule has 0 saturated heterocycles. The lowest BCUT2D eigenvalue weighted by Gasteiger charge is -2.05. The van der Waals surface area contributed by atoms with Crippen molar-refractivity contribution >= 4 is 6.21 Å². The highest BCUT2D eigenvalue weighted by Crippen LogP contribution is 1.96. The summed E-state index contributed by atoms with van der Waals surface area (Å²) in [6.07, 6.45) is 12.4. The second kappa shape index (κ2) is 16.6. The van der Waals surface area contributed by atoms with Crippen molar-refractivity contribution in [1.29, 1.82) is 0 Å². The zero-order valence-electron chi connectivity index (χ0n) is 12.5. The Bertz CT molecular complexity index is 169. The first-order chi connectivity index (χ1) is 8.91. The molecule has 0 unspecified atom stereocenters. The molecule has 0 aromatic heterocycles. The fourth-order valence-corrected chi connectivity index (χ4v) is 1.75. The fourth-order valence-electron chi connectivity index (χ4n) is 1.75. The lowest BCUT2D eigenvalue weighted by atomic mass is 10.2. The number of nitrogens with one attached hydrogen (secondary N) is 2. The van der Waals surface area contributed by atoms with Crippen LogP contribution in [0, 0.1) is 0 Å². The highest BCUT2D eigenvalue weighted by atomic mass is 15.1. The molecule has 0 aromatic rings. The molecule has 0 atom stereocenters. The van der Waals surface area contributed by atoms with Gasteiger partial charge in [0, 0.05) is 13.2 Å². The van der Waals surface area contributed by atoms with Crippen LogP contribution in [0.1, 0.15) is 65.2 Å². The molecule has 0 heterocycles. The molecule has 3 nitrogen and oxygen atoms in total. The summed E-state index contributed by atoms with van der Waals surface area (Å²) < 4.78 is 0. The molecule has 0 aliphatic carbocycles. The molecule has 0 bridgehead atoms. The highest BCUT2D eigenvalue weighted by Gasteiger charge is 1.88. The van der Waals surface area contributed by atoms with Gasteiger partial charge in [0.15, 0.2) is 0 Å². The molecular formula is C15H33N3. The predicted octanol–water partition coefficient (Wildman–Crippen LogP) is 3.35. The Morgan fingerprint density at radius 3 is 2.33 bits per heavy atom. The van der Waals surface area contributed by atoms with E-state index in [0.29, 0.717) is 0 Å². The van der Waals surface area contributed by atoms with Crippen molar-refractivity contribution in [2.75, 3.05) is 26.3 Å². The maximum absolute atomic E-state index is 4.39. The molecular weight excluding hydrogens is 222 g/mol. The van der Waals surface area contributed by atoms with Gasteiger partial charge in [-0.05, 0) is 32.0 Å². The summed E-state index contributed by atoms with van der Waals surface area (Å²) in [5.41, 5.74) is 0. The van der Waals surface area contributed by atoms with E-state index in [4.69, 9.17) is 0 Å². The molecule has 0 rings (SSSR count). The minimum atomic E-state index is 0.906. The van der Waals surface area contributed by atoms with Crippen LogP contribution in [0.4, 0.5) is 0 Å². The molecule has 108 valence electrons. The number of hydrogen-bond acceptors (Lipinski definition) is 3. The monoisotopic (exact) mass is 255 g/mol. The summed E-state index contributed by atoms with van der Waals surface area (Å²) in [4.78, 5) is 4.39. The number of rotatable bonds is 14. The quantitative estimate of drug-likeness (QED) is 0.284. The van der Waals surface area contributed by atoms with Gasteiger partial charge in [0.05, 0.1) is 6.54 Å². The average Bonchev–Trinajstić information content (AvgIpc) is 2.39. The van der Waals surface area contributed by atoms with E-state index in [-0.39, 0.29) is 0 Å². The third-order valence-electron chi connectivity index (χ3n) is 2.94. The van der Waals surface area contributed by atoms with Gasteiger partial charge in [-0.3, -0.25) is 4.99 Å². The lowest BCUT2D eigenvalue weighted by Crippen LogP contribution is -2.31. The van der Waals surface area contributed by atoms with Gasteiger partial charge in [-0.1, -0.05) is 46.0 Å². The Labute approximate surface area is 114 Å². The van der Waals surface area contributed by atoms with Crippen molar-refractivity contribution in [3.63, 3.8) is 0 Å². The molecule has 0 radical (unpaired) electrons. The molecule has 0 amide bonds. The van der Waals surface area contributed by atoms with E-state index in [2.05, 4.69) is 35.7 Å². The first kappa shape index (κ1) is 17.6. The van der Waals surface area contributed by atoms with Crippen molar-refractivity contribution in [3.8, 4) is 0 Å². The fraction of sp³-hybridized carbons (Fsp3) is 0.933. The van der Waals surface area contributed by atoms with E-state index >= 15 is 0 Å². The molecule has 0 saturated carbocycles. The van der Waals surface area contributed by atoms with Crippen LogP contribution in [-0.4, -0.2) is 32.5 Å². The van der Waals surface area contributed by atoms with Gasteiger partial charge in [0.1, 0.15) is 0 Å². The number of aliphatic imine (C=N–C) groups is 1. The van der Waals surface area contributed by atoms with Crippen LogP contribution in [0.2, 0.25) is 0 Å². The van der Waals surface area contributed by atoms with Crippen LogP contribution >= 0.6 is 0 Å².